The van der Waals surface area contributed by atoms with Crippen LogP contribution in [0, 0.1) is 5.82 Å². The second-order valence-corrected chi connectivity index (χ2v) is 7.39. The van der Waals surface area contributed by atoms with Crippen LogP contribution in [-0.2, 0) is 20.9 Å². The quantitative estimate of drug-likeness (QED) is 0.448. The van der Waals surface area contributed by atoms with Crippen molar-refractivity contribution in [2.75, 3.05) is 20.3 Å². The molecule has 3 rings (SSSR count). The number of carbonyl (C=O) groups is 3. The van der Waals surface area contributed by atoms with Crippen LogP contribution in [0.1, 0.15) is 18.1 Å². The highest BCUT2D eigenvalue weighted by Gasteiger charge is 2.35. The third-order valence-electron chi connectivity index (χ3n) is 4.27. The zero-order valence-corrected chi connectivity index (χ0v) is 17.7. The molecule has 0 aromatic heterocycles. The summed E-state index contributed by atoms with van der Waals surface area (Å²) in [4.78, 5) is 37.7. The number of esters is 1. The number of rotatable bonds is 8. The molecular weight excluding hydrogens is 425 g/mol. The minimum atomic E-state index is -0.527. The van der Waals surface area contributed by atoms with Gasteiger partial charge in [-0.15, -0.1) is 0 Å². The molecule has 1 fully saturated rings. The molecule has 162 valence electrons. The van der Waals surface area contributed by atoms with Gasteiger partial charge in [-0.25, -0.2) is 9.18 Å². The molecular formula is C22H20FNO6S. The lowest BCUT2D eigenvalue weighted by molar-refractivity contribution is -0.142. The standard InChI is InChI=1S/C22H20FNO6S/c1-3-29-18-10-15(6-9-17(18)30-13-20(25)28-2)11-19-21(26)24(22(27)31-19)12-14-4-7-16(23)8-5-14/h4-11H,3,12-13H2,1-2H3/b19-11+. The van der Waals surface area contributed by atoms with Crippen molar-refractivity contribution in [1.82, 2.24) is 4.90 Å². The summed E-state index contributed by atoms with van der Waals surface area (Å²) in [6.07, 6.45) is 1.59. The Balaban J connectivity index is 1.77. The Kier molecular flexibility index (Phi) is 7.30. The summed E-state index contributed by atoms with van der Waals surface area (Å²) >= 11 is 0.831. The number of benzene rings is 2. The third-order valence-corrected chi connectivity index (χ3v) is 5.17. The number of carbonyl (C=O) groups excluding carboxylic acids is 3. The summed E-state index contributed by atoms with van der Waals surface area (Å²) in [6, 6.07) is 10.6. The molecule has 0 radical (unpaired) electrons. The van der Waals surface area contributed by atoms with E-state index in [1.54, 1.807) is 31.2 Å². The fourth-order valence-corrected chi connectivity index (χ4v) is 3.60. The van der Waals surface area contributed by atoms with Crippen molar-refractivity contribution >= 4 is 35.0 Å². The molecule has 0 bridgehead atoms. The highest BCUT2D eigenvalue weighted by Crippen LogP contribution is 2.35. The Morgan fingerprint density at radius 2 is 1.84 bits per heavy atom. The van der Waals surface area contributed by atoms with Crippen LogP contribution in [0.15, 0.2) is 47.4 Å². The van der Waals surface area contributed by atoms with Crippen LogP contribution in [0.25, 0.3) is 6.08 Å². The van der Waals surface area contributed by atoms with E-state index in [0.717, 1.165) is 16.7 Å². The topological polar surface area (TPSA) is 82.1 Å². The van der Waals surface area contributed by atoms with Gasteiger partial charge >= 0.3 is 5.97 Å². The molecule has 0 N–H and O–H groups in total. The SMILES string of the molecule is CCOc1cc(/C=C2/SC(=O)N(Cc3ccc(F)cc3)C2=O)ccc1OCC(=O)OC. The van der Waals surface area contributed by atoms with Gasteiger partial charge in [0.05, 0.1) is 25.2 Å². The number of thioether (sulfide) groups is 1. The molecule has 0 aliphatic carbocycles. The lowest BCUT2D eigenvalue weighted by atomic mass is 10.1. The Morgan fingerprint density at radius 1 is 1.10 bits per heavy atom. The van der Waals surface area contributed by atoms with Gasteiger partial charge in [-0.05, 0) is 60.2 Å². The lowest BCUT2D eigenvalue weighted by Gasteiger charge is -2.13. The van der Waals surface area contributed by atoms with Crippen molar-refractivity contribution in [1.29, 1.82) is 0 Å². The molecule has 1 aliphatic rings. The van der Waals surface area contributed by atoms with Crippen LogP contribution < -0.4 is 9.47 Å². The van der Waals surface area contributed by atoms with Crippen LogP contribution >= 0.6 is 11.8 Å². The van der Waals surface area contributed by atoms with Crippen LogP contribution in [0.4, 0.5) is 9.18 Å². The summed E-state index contributed by atoms with van der Waals surface area (Å²) < 4.78 is 28.6. The maximum atomic E-state index is 13.1. The van der Waals surface area contributed by atoms with E-state index in [1.807, 2.05) is 0 Å². The molecule has 1 aliphatic heterocycles. The normalized spacial score (nSPS) is 14.8. The number of ether oxygens (including phenoxy) is 3. The number of hydrogen-bond acceptors (Lipinski definition) is 7. The molecule has 0 atom stereocenters. The molecule has 2 aromatic carbocycles. The summed E-state index contributed by atoms with van der Waals surface area (Å²) in [7, 11) is 1.27. The van der Waals surface area contributed by atoms with Crippen LogP contribution in [-0.4, -0.2) is 42.3 Å². The second-order valence-electron chi connectivity index (χ2n) is 6.40. The Morgan fingerprint density at radius 3 is 2.52 bits per heavy atom. The molecule has 7 nitrogen and oxygen atoms in total. The van der Waals surface area contributed by atoms with Gasteiger partial charge in [-0.2, -0.15) is 0 Å². The van der Waals surface area contributed by atoms with E-state index in [2.05, 4.69) is 4.74 Å². The fraction of sp³-hybridized carbons (Fsp3) is 0.227. The first kappa shape index (κ1) is 22.4. The first-order valence-electron chi connectivity index (χ1n) is 9.37. The number of methoxy groups -OCH3 is 1. The van der Waals surface area contributed by atoms with Crippen molar-refractivity contribution in [3.8, 4) is 11.5 Å². The molecule has 0 saturated carbocycles. The maximum absolute atomic E-state index is 13.1. The van der Waals surface area contributed by atoms with E-state index in [0.29, 0.717) is 29.2 Å². The van der Waals surface area contributed by atoms with E-state index < -0.39 is 17.1 Å². The van der Waals surface area contributed by atoms with Crippen molar-refractivity contribution in [3.63, 3.8) is 0 Å². The van der Waals surface area contributed by atoms with Crippen molar-refractivity contribution in [2.45, 2.75) is 13.5 Å². The van der Waals surface area contributed by atoms with Gasteiger partial charge in [0.15, 0.2) is 18.1 Å². The minimum absolute atomic E-state index is 0.0623. The Labute approximate surface area is 182 Å². The van der Waals surface area contributed by atoms with Gasteiger partial charge in [0, 0.05) is 0 Å². The number of halogens is 1. The zero-order chi connectivity index (χ0) is 22.4. The van der Waals surface area contributed by atoms with Crippen LogP contribution in [0.5, 0.6) is 11.5 Å². The summed E-state index contributed by atoms with van der Waals surface area (Å²) in [5.74, 6) is -0.592. The van der Waals surface area contributed by atoms with Crippen molar-refractivity contribution in [3.05, 3.63) is 64.3 Å². The predicted molar refractivity (Wildman–Crippen MR) is 113 cm³/mol. The highest BCUT2D eigenvalue weighted by molar-refractivity contribution is 8.18. The van der Waals surface area contributed by atoms with Crippen molar-refractivity contribution in [2.24, 2.45) is 0 Å². The van der Waals surface area contributed by atoms with E-state index >= 15 is 0 Å². The number of nitrogens with zero attached hydrogens (tertiary/aromatic N) is 1. The largest absolute Gasteiger partial charge is 0.490 e. The van der Waals surface area contributed by atoms with Crippen LogP contribution in [0.3, 0.4) is 0 Å². The molecule has 2 amide bonds. The molecule has 0 spiro atoms. The molecule has 31 heavy (non-hydrogen) atoms. The van der Waals surface area contributed by atoms with Gasteiger partial charge < -0.3 is 14.2 Å². The molecule has 2 aromatic rings. The van der Waals surface area contributed by atoms with E-state index in [1.165, 1.54) is 31.4 Å². The van der Waals surface area contributed by atoms with Gasteiger partial charge in [0.1, 0.15) is 5.82 Å². The summed E-state index contributed by atoms with van der Waals surface area (Å²) in [6.45, 7) is 1.97. The number of amides is 2. The Hall–Kier alpha value is -3.33. The fourth-order valence-electron chi connectivity index (χ4n) is 2.76. The summed E-state index contributed by atoms with van der Waals surface area (Å²) in [5.41, 5.74) is 1.27. The molecule has 1 saturated heterocycles. The number of imide groups is 1. The smallest absolute Gasteiger partial charge is 0.343 e. The van der Waals surface area contributed by atoms with Gasteiger partial charge in [0.25, 0.3) is 11.1 Å². The number of hydrogen-bond donors (Lipinski definition) is 0. The molecule has 9 heteroatoms. The first-order valence-corrected chi connectivity index (χ1v) is 10.2. The zero-order valence-electron chi connectivity index (χ0n) is 16.9. The first-order chi connectivity index (χ1) is 14.9. The van der Waals surface area contributed by atoms with Gasteiger partial charge in [-0.1, -0.05) is 18.2 Å². The van der Waals surface area contributed by atoms with E-state index in [9.17, 15) is 18.8 Å². The highest BCUT2D eigenvalue weighted by atomic mass is 32.2. The summed E-state index contributed by atoms with van der Waals surface area (Å²) in [5, 5.41) is -0.399. The predicted octanol–water partition coefficient (Wildman–Crippen LogP) is 4.01. The second kappa shape index (κ2) is 10.1. The van der Waals surface area contributed by atoms with Gasteiger partial charge in [-0.3, -0.25) is 14.5 Å². The molecule has 0 unspecified atom stereocenters. The average molecular weight is 445 g/mol. The maximum Gasteiger partial charge on any atom is 0.343 e. The van der Waals surface area contributed by atoms with Gasteiger partial charge in [0.2, 0.25) is 0 Å². The average Bonchev–Trinajstić information content (AvgIpc) is 3.02. The lowest BCUT2D eigenvalue weighted by Crippen LogP contribution is -2.27. The van der Waals surface area contributed by atoms with E-state index in [-0.39, 0.29) is 23.9 Å². The molecule has 1 heterocycles. The van der Waals surface area contributed by atoms with Crippen LogP contribution in [0.2, 0.25) is 0 Å². The van der Waals surface area contributed by atoms with E-state index in [4.69, 9.17) is 9.47 Å². The Bertz CT molecular complexity index is 1020. The van der Waals surface area contributed by atoms with Crippen molar-refractivity contribution < 1.29 is 33.0 Å². The minimum Gasteiger partial charge on any atom is -0.490 e. The third kappa shape index (κ3) is 5.64. The monoisotopic (exact) mass is 445 g/mol.